The van der Waals surface area contributed by atoms with Crippen molar-refractivity contribution < 1.29 is 13.2 Å². The molecule has 1 aliphatic rings. The Morgan fingerprint density at radius 1 is 1.12 bits per heavy atom. The van der Waals surface area contributed by atoms with Crippen LogP contribution in [0, 0.1) is 5.92 Å². The molecule has 2 N–H and O–H groups in total. The van der Waals surface area contributed by atoms with Gasteiger partial charge in [0.15, 0.2) is 0 Å². The highest BCUT2D eigenvalue weighted by molar-refractivity contribution is 7.86. The Morgan fingerprint density at radius 3 is 2.04 bits per heavy atom. The summed E-state index contributed by atoms with van der Waals surface area (Å²) in [5, 5.41) is 9.19. The molecule has 0 aliphatic carbocycles. The van der Waals surface area contributed by atoms with Gasteiger partial charge in [0, 0.05) is 28.8 Å². The summed E-state index contributed by atoms with van der Waals surface area (Å²) in [7, 11) is -3.67. The van der Waals surface area contributed by atoms with Crippen LogP contribution in [0.5, 0.6) is 0 Å². The van der Waals surface area contributed by atoms with Crippen LogP contribution in [0.1, 0.15) is 22.6 Å². The average molecular weight is 400 g/mol. The molecule has 1 saturated heterocycles. The van der Waals surface area contributed by atoms with E-state index in [-0.39, 0.29) is 11.8 Å². The lowest BCUT2D eigenvalue weighted by Gasteiger charge is -2.32. The zero-order valence-electron chi connectivity index (χ0n) is 13.7. The Hall–Kier alpha value is -1.26. The van der Waals surface area contributed by atoms with Gasteiger partial charge < -0.3 is 4.90 Å². The van der Waals surface area contributed by atoms with Crippen molar-refractivity contribution in [2.45, 2.75) is 25.9 Å². The van der Waals surface area contributed by atoms with Crippen molar-refractivity contribution in [1.82, 2.24) is 9.21 Å². The lowest BCUT2D eigenvalue weighted by Crippen LogP contribution is -2.46. The molecule has 0 radical (unpaired) electrons. The summed E-state index contributed by atoms with van der Waals surface area (Å²) in [5.41, 5.74) is 0. The van der Waals surface area contributed by atoms with Crippen LogP contribution in [-0.2, 0) is 28.1 Å². The van der Waals surface area contributed by atoms with E-state index >= 15 is 0 Å². The summed E-state index contributed by atoms with van der Waals surface area (Å²) in [6, 6.07) is 8.03. The van der Waals surface area contributed by atoms with Gasteiger partial charge in [-0.15, -0.1) is 22.7 Å². The van der Waals surface area contributed by atoms with Gasteiger partial charge in [-0.1, -0.05) is 12.1 Å². The summed E-state index contributed by atoms with van der Waals surface area (Å²) in [6.45, 7) is 1.79. The zero-order chi connectivity index (χ0) is 17.9. The molecule has 1 aliphatic heterocycles. The van der Waals surface area contributed by atoms with Crippen molar-refractivity contribution in [2.24, 2.45) is 11.1 Å². The van der Waals surface area contributed by atoms with E-state index in [9.17, 15) is 13.2 Å². The van der Waals surface area contributed by atoms with Gasteiger partial charge in [-0.3, -0.25) is 4.79 Å². The second-order valence-corrected chi connectivity index (χ2v) is 9.68. The molecule has 1 fully saturated rings. The van der Waals surface area contributed by atoms with Crippen LogP contribution in [0.15, 0.2) is 35.0 Å². The molecule has 0 aromatic carbocycles. The van der Waals surface area contributed by atoms with Gasteiger partial charge >= 0.3 is 0 Å². The highest BCUT2D eigenvalue weighted by Crippen LogP contribution is 2.24. The number of hydrogen-bond acceptors (Lipinski definition) is 5. The summed E-state index contributed by atoms with van der Waals surface area (Å²) < 4.78 is 24.1. The first kappa shape index (κ1) is 18.5. The van der Waals surface area contributed by atoms with Crippen LogP contribution in [0.2, 0.25) is 0 Å². The van der Waals surface area contributed by atoms with Crippen molar-refractivity contribution >= 4 is 38.8 Å². The van der Waals surface area contributed by atoms with Gasteiger partial charge in [0.1, 0.15) is 0 Å². The molecule has 0 unspecified atom stereocenters. The van der Waals surface area contributed by atoms with Crippen LogP contribution < -0.4 is 5.14 Å². The number of piperidine rings is 1. The predicted molar refractivity (Wildman–Crippen MR) is 100 cm³/mol. The monoisotopic (exact) mass is 399 g/mol. The number of rotatable bonds is 6. The SMILES string of the molecule is NS(=O)(=O)N1CCC(C(=O)N(Cc2cccs2)Cc2cccs2)CC1. The number of thiophene rings is 2. The minimum absolute atomic E-state index is 0.0934. The van der Waals surface area contributed by atoms with Crippen LogP contribution in [0.4, 0.5) is 0 Å². The number of carbonyl (C=O) groups excluding carboxylic acids is 1. The quantitative estimate of drug-likeness (QED) is 0.809. The molecule has 3 heterocycles. The molecule has 2 aromatic rings. The van der Waals surface area contributed by atoms with Crippen LogP contribution >= 0.6 is 22.7 Å². The average Bonchev–Trinajstić information content (AvgIpc) is 3.27. The number of hydrogen-bond donors (Lipinski definition) is 1. The lowest BCUT2D eigenvalue weighted by molar-refractivity contribution is -0.138. The minimum Gasteiger partial charge on any atom is -0.332 e. The maximum absolute atomic E-state index is 13.0. The Balaban J connectivity index is 1.68. The normalized spacial score (nSPS) is 16.8. The second-order valence-electron chi connectivity index (χ2n) is 6.07. The smallest absolute Gasteiger partial charge is 0.276 e. The van der Waals surface area contributed by atoms with Gasteiger partial charge in [0.2, 0.25) is 5.91 Å². The van der Waals surface area contributed by atoms with E-state index < -0.39 is 10.2 Å². The van der Waals surface area contributed by atoms with Crippen LogP contribution in [0.25, 0.3) is 0 Å². The van der Waals surface area contributed by atoms with E-state index in [1.807, 2.05) is 39.9 Å². The summed E-state index contributed by atoms with van der Waals surface area (Å²) in [4.78, 5) is 17.2. The summed E-state index contributed by atoms with van der Waals surface area (Å²) in [5.74, 6) is -0.0613. The van der Waals surface area contributed by atoms with E-state index in [2.05, 4.69) is 0 Å². The molecule has 25 heavy (non-hydrogen) atoms. The first-order valence-electron chi connectivity index (χ1n) is 8.05. The van der Waals surface area contributed by atoms with Gasteiger partial charge in [-0.25, -0.2) is 5.14 Å². The van der Waals surface area contributed by atoms with Crippen molar-refractivity contribution in [3.63, 3.8) is 0 Å². The first-order chi connectivity index (χ1) is 11.9. The molecule has 0 bridgehead atoms. The number of carbonyl (C=O) groups is 1. The fourth-order valence-corrected chi connectivity index (χ4v) is 5.17. The molecular formula is C16H21N3O3S3. The van der Waals surface area contributed by atoms with Gasteiger partial charge in [0.25, 0.3) is 10.2 Å². The number of nitrogens with two attached hydrogens (primary N) is 1. The molecule has 2 aromatic heterocycles. The Labute approximate surface area is 156 Å². The van der Waals surface area contributed by atoms with E-state index in [0.717, 1.165) is 9.75 Å². The second kappa shape index (κ2) is 7.96. The third-order valence-electron chi connectivity index (χ3n) is 4.33. The molecule has 0 saturated carbocycles. The highest BCUT2D eigenvalue weighted by atomic mass is 32.2. The summed E-state index contributed by atoms with van der Waals surface area (Å²) in [6.07, 6.45) is 1.03. The molecule has 6 nitrogen and oxygen atoms in total. The molecule has 3 rings (SSSR count). The molecule has 0 spiro atoms. The first-order valence-corrected chi connectivity index (χ1v) is 11.3. The largest absolute Gasteiger partial charge is 0.332 e. The Morgan fingerprint density at radius 2 is 1.64 bits per heavy atom. The molecule has 1 amide bonds. The predicted octanol–water partition coefficient (Wildman–Crippen LogP) is 2.25. The van der Waals surface area contributed by atoms with E-state index in [1.54, 1.807) is 22.7 Å². The lowest BCUT2D eigenvalue weighted by atomic mass is 9.96. The number of nitrogens with zero attached hydrogens (tertiary/aromatic N) is 2. The van der Waals surface area contributed by atoms with Gasteiger partial charge in [-0.05, 0) is 35.7 Å². The Kier molecular flexibility index (Phi) is 5.90. The molecule has 136 valence electrons. The highest BCUT2D eigenvalue weighted by Gasteiger charge is 2.32. The van der Waals surface area contributed by atoms with Crippen molar-refractivity contribution in [3.05, 3.63) is 44.8 Å². The van der Waals surface area contributed by atoms with Gasteiger partial charge in [-0.2, -0.15) is 12.7 Å². The molecule has 9 heteroatoms. The topological polar surface area (TPSA) is 83.7 Å². The standard InChI is InChI=1S/C16H21N3O3S3/c17-25(21,22)19-7-5-13(6-8-19)16(20)18(11-14-3-1-9-23-14)12-15-4-2-10-24-15/h1-4,9-10,13H,5-8,11-12H2,(H2,17,21,22). The van der Waals surface area contributed by atoms with E-state index in [0.29, 0.717) is 39.0 Å². The van der Waals surface area contributed by atoms with Crippen molar-refractivity contribution in [1.29, 1.82) is 0 Å². The fraction of sp³-hybridized carbons (Fsp3) is 0.438. The third-order valence-corrected chi connectivity index (χ3v) is 7.14. The molecular weight excluding hydrogens is 378 g/mol. The zero-order valence-corrected chi connectivity index (χ0v) is 16.2. The van der Waals surface area contributed by atoms with Crippen molar-refractivity contribution in [3.8, 4) is 0 Å². The van der Waals surface area contributed by atoms with Gasteiger partial charge in [0.05, 0.1) is 13.1 Å². The maximum Gasteiger partial charge on any atom is 0.276 e. The van der Waals surface area contributed by atoms with E-state index in [1.165, 1.54) is 4.31 Å². The third kappa shape index (κ3) is 4.89. The van der Waals surface area contributed by atoms with E-state index in [4.69, 9.17) is 5.14 Å². The summed E-state index contributed by atoms with van der Waals surface area (Å²) >= 11 is 3.27. The fourth-order valence-electron chi connectivity index (χ4n) is 3.01. The minimum atomic E-state index is -3.67. The molecule has 0 atom stereocenters. The van der Waals surface area contributed by atoms with Crippen molar-refractivity contribution in [2.75, 3.05) is 13.1 Å². The maximum atomic E-state index is 13.0. The Bertz CT molecular complexity index is 744. The number of amides is 1. The van der Waals surface area contributed by atoms with Crippen LogP contribution in [0.3, 0.4) is 0 Å². The van der Waals surface area contributed by atoms with Crippen LogP contribution in [-0.4, -0.2) is 36.6 Å².